The summed E-state index contributed by atoms with van der Waals surface area (Å²) in [6, 6.07) is 0.169. The number of anilines is 2. The molecule has 1 aliphatic heterocycles. The molecule has 19 heavy (non-hydrogen) atoms. The fraction of sp³-hybridized carbons (Fsp3) is 0.636. The first kappa shape index (κ1) is 14.3. The van der Waals surface area contributed by atoms with Crippen molar-refractivity contribution in [1.29, 1.82) is 0 Å². The molecule has 4 N–H and O–H groups in total. The van der Waals surface area contributed by atoms with Gasteiger partial charge in [0.25, 0.3) is 0 Å². The number of β-amino-alcohol motifs (C(OH)–C–C–N with tert-alkyl or cyclic N) is 1. The summed E-state index contributed by atoms with van der Waals surface area (Å²) in [5.41, 5.74) is 2.40. The van der Waals surface area contributed by atoms with Crippen molar-refractivity contribution >= 4 is 23.4 Å². The summed E-state index contributed by atoms with van der Waals surface area (Å²) in [4.78, 5) is 12.3. The first-order valence-corrected chi connectivity index (χ1v) is 6.47. The van der Waals surface area contributed by atoms with E-state index in [-0.39, 0.29) is 12.1 Å². The number of nitrogen functional groups attached to an aromatic ring is 1. The first-order valence-electron chi connectivity index (χ1n) is 6.10. The molecule has 0 bridgehead atoms. The Labute approximate surface area is 117 Å². The number of halogens is 1. The third kappa shape index (κ3) is 3.24. The number of aromatic nitrogens is 2. The molecule has 1 aliphatic rings. The molecule has 0 saturated carbocycles. The Hall–Kier alpha value is -1.15. The van der Waals surface area contributed by atoms with Gasteiger partial charge in [0.15, 0.2) is 5.82 Å². The predicted octanol–water partition coefficient (Wildman–Crippen LogP) is -0.0832. The topological polar surface area (TPSA) is 90.5 Å². The zero-order chi connectivity index (χ0) is 14.0. The SMILES string of the molecule is CN(C)CC1CC(O)CN1c1nc(NN)ncc1Cl. The molecular weight excluding hydrogens is 268 g/mol. The summed E-state index contributed by atoms with van der Waals surface area (Å²) in [7, 11) is 3.99. The number of hydrogen-bond donors (Lipinski definition) is 3. The molecule has 1 aromatic rings. The predicted molar refractivity (Wildman–Crippen MR) is 75.2 cm³/mol. The minimum absolute atomic E-state index is 0.169. The highest BCUT2D eigenvalue weighted by atomic mass is 35.5. The molecule has 2 unspecified atom stereocenters. The normalized spacial score (nSPS) is 23.2. The van der Waals surface area contributed by atoms with Crippen LogP contribution in [0.1, 0.15) is 6.42 Å². The molecule has 0 aliphatic carbocycles. The van der Waals surface area contributed by atoms with Gasteiger partial charge in [-0.05, 0) is 20.5 Å². The summed E-state index contributed by atoms with van der Waals surface area (Å²) in [6.07, 6.45) is 1.84. The number of nitrogens with one attached hydrogen (secondary N) is 1. The lowest BCUT2D eigenvalue weighted by Gasteiger charge is -2.28. The second kappa shape index (κ2) is 5.87. The lowest BCUT2D eigenvalue weighted by atomic mass is 10.2. The van der Waals surface area contributed by atoms with Crippen molar-refractivity contribution in [2.75, 3.05) is 37.5 Å². The van der Waals surface area contributed by atoms with E-state index in [4.69, 9.17) is 17.4 Å². The van der Waals surface area contributed by atoms with E-state index < -0.39 is 0 Å². The van der Waals surface area contributed by atoms with Gasteiger partial charge in [-0.15, -0.1) is 0 Å². The van der Waals surface area contributed by atoms with E-state index in [1.54, 1.807) is 0 Å². The molecule has 2 heterocycles. The molecule has 0 spiro atoms. The van der Waals surface area contributed by atoms with Crippen molar-refractivity contribution in [3.63, 3.8) is 0 Å². The molecule has 1 saturated heterocycles. The van der Waals surface area contributed by atoms with E-state index >= 15 is 0 Å². The van der Waals surface area contributed by atoms with Crippen LogP contribution < -0.4 is 16.2 Å². The van der Waals surface area contributed by atoms with Crippen LogP contribution in [0.4, 0.5) is 11.8 Å². The van der Waals surface area contributed by atoms with E-state index in [1.165, 1.54) is 6.20 Å². The quantitative estimate of drug-likeness (QED) is 0.527. The molecule has 0 radical (unpaired) electrons. The lowest BCUT2D eigenvalue weighted by molar-refractivity contribution is 0.191. The largest absolute Gasteiger partial charge is 0.391 e. The molecule has 8 heteroatoms. The van der Waals surface area contributed by atoms with Gasteiger partial charge < -0.3 is 14.9 Å². The first-order chi connectivity index (χ1) is 9.01. The molecular formula is C11H19ClN6O. The fourth-order valence-electron chi connectivity index (χ4n) is 2.38. The Morgan fingerprint density at radius 3 is 3.00 bits per heavy atom. The van der Waals surface area contributed by atoms with E-state index in [0.717, 1.165) is 6.54 Å². The van der Waals surface area contributed by atoms with Gasteiger partial charge in [0.1, 0.15) is 5.02 Å². The lowest BCUT2D eigenvalue weighted by Crippen LogP contribution is -2.38. The van der Waals surface area contributed by atoms with Crippen LogP contribution in [0.3, 0.4) is 0 Å². The highest BCUT2D eigenvalue weighted by Crippen LogP contribution is 2.30. The second-order valence-corrected chi connectivity index (χ2v) is 5.37. The Kier molecular flexibility index (Phi) is 4.41. The van der Waals surface area contributed by atoms with Gasteiger partial charge in [-0.25, -0.2) is 10.8 Å². The average Bonchev–Trinajstić information content (AvgIpc) is 2.70. The van der Waals surface area contributed by atoms with Gasteiger partial charge in [-0.3, -0.25) is 5.43 Å². The van der Waals surface area contributed by atoms with Crippen molar-refractivity contribution in [3.8, 4) is 0 Å². The summed E-state index contributed by atoms with van der Waals surface area (Å²) in [5, 5.41) is 10.3. The monoisotopic (exact) mass is 286 g/mol. The Bertz CT molecular complexity index is 443. The third-order valence-corrected chi connectivity index (χ3v) is 3.36. The maximum absolute atomic E-state index is 9.87. The van der Waals surface area contributed by atoms with Gasteiger partial charge in [-0.2, -0.15) is 4.98 Å². The highest BCUT2D eigenvalue weighted by molar-refractivity contribution is 6.32. The zero-order valence-electron chi connectivity index (χ0n) is 11.0. The molecule has 0 amide bonds. The van der Waals surface area contributed by atoms with Crippen LogP contribution in [0.25, 0.3) is 0 Å². The van der Waals surface area contributed by atoms with Gasteiger partial charge in [-0.1, -0.05) is 11.6 Å². The molecule has 0 aromatic carbocycles. The zero-order valence-corrected chi connectivity index (χ0v) is 11.8. The number of aliphatic hydroxyl groups excluding tert-OH is 1. The van der Waals surface area contributed by atoms with Crippen molar-refractivity contribution in [2.24, 2.45) is 5.84 Å². The standard InChI is InChI=1S/C11H19ClN6O/c1-17(2)5-7-3-8(19)6-18(7)10-9(12)4-14-11(15-10)16-13/h4,7-8,19H,3,5-6,13H2,1-2H3,(H,14,15,16). The van der Waals surface area contributed by atoms with Crippen molar-refractivity contribution in [2.45, 2.75) is 18.6 Å². The van der Waals surface area contributed by atoms with Crippen LogP contribution in [-0.4, -0.2) is 59.3 Å². The van der Waals surface area contributed by atoms with Crippen LogP contribution in [0.15, 0.2) is 6.20 Å². The summed E-state index contributed by atoms with van der Waals surface area (Å²) >= 11 is 6.15. The summed E-state index contributed by atoms with van der Waals surface area (Å²) in [6.45, 7) is 1.34. The Morgan fingerprint density at radius 1 is 1.63 bits per heavy atom. The van der Waals surface area contributed by atoms with Crippen molar-refractivity contribution < 1.29 is 5.11 Å². The number of rotatable bonds is 4. The van der Waals surface area contributed by atoms with Crippen molar-refractivity contribution in [3.05, 3.63) is 11.2 Å². The molecule has 1 aromatic heterocycles. The second-order valence-electron chi connectivity index (χ2n) is 4.97. The van der Waals surface area contributed by atoms with Crippen LogP contribution in [-0.2, 0) is 0 Å². The number of nitrogens with zero attached hydrogens (tertiary/aromatic N) is 4. The van der Waals surface area contributed by atoms with Crippen molar-refractivity contribution in [1.82, 2.24) is 14.9 Å². The van der Waals surface area contributed by atoms with E-state index in [2.05, 4.69) is 20.3 Å². The molecule has 2 atom stereocenters. The van der Waals surface area contributed by atoms with Crippen LogP contribution in [0, 0.1) is 0 Å². The van der Waals surface area contributed by atoms with E-state index in [1.807, 2.05) is 19.0 Å². The van der Waals surface area contributed by atoms with Crippen LogP contribution in [0.2, 0.25) is 5.02 Å². The van der Waals surface area contributed by atoms with Gasteiger partial charge in [0.05, 0.1) is 12.3 Å². The van der Waals surface area contributed by atoms with Gasteiger partial charge in [0.2, 0.25) is 5.95 Å². The third-order valence-electron chi connectivity index (χ3n) is 3.10. The molecule has 2 rings (SSSR count). The summed E-state index contributed by atoms with van der Waals surface area (Å²) in [5.74, 6) is 6.23. The van der Waals surface area contributed by atoms with Crippen LogP contribution >= 0.6 is 11.6 Å². The number of hydrazine groups is 1. The van der Waals surface area contributed by atoms with E-state index in [0.29, 0.717) is 29.8 Å². The fourth-order valence-corrected chi connectivity index (χ4v) is 2.57. The maximum Gasteiger partial charge on any atom is 0.239 e. The maximum atomic E-state index is 9.87. The molecule has 106 valence electrons. The number of likely N-dealkylation sites (N-methyl/N-ethyl adjacent to an activating group) is 1. The average molecular weight is 287 g/mol. The smallest absolute Gasteiger partial charge is 0.239 e. The number of aliphatic hydroxyl groups is 1. The molecule has 7 nitrogen and oxygen atoms in total. The molecule has 1 fully saturated rings. The van der Waals surface area contributed by atoms with Gasteiger partial charge >= 0.3 is 0 Å². The van der Waals surface area contributed by atoms with Gasteiger partial charge in [0, 0.05) is 19.1 Å². The van der Waals surface area contributed by atoms with E-state index in [9.17, 15) is 5.11 Å². The Balaban J connectivity index is 2.27. The minimum atomic E-state index is -0.370. The minimum Gasteiger partial charge on any atom is -0.391 e. The Morgan fingerprint density at radius 2 is 2.37 bits per heavy atom. The number of nitrogens with two attached hydrogens (primary N) is 1. The summed E-state index contributed by atoms with van der Waals surface area (Å²) < 4.78 is 0. The number of hydrogen-bond acceptors (Lipinski definition) is 7. The van der Waals surface area contributed by atoms with Crippen LogP contribution in [0.5, 0.6) is 0 Å². The highest BCUT2D eigenvalue weighted by Gasteiger charge is 2.33.